The zero-order valence-electron chi connectivity index (χ0n) is 10.7. The number of benzene rings is 1. The van der Waals surface area contributed by atoms with Crippen LogP contribution in [0.1, 0.15) is 12.7 Å². The summed E-state index contributed by atoms with van der Waals surface area (Å²) < 4.78 is 20.5. The summed E-state index contributed by atoms with van der Waals surface area (Å²) in [4.78, 5) is 4.47. The lowest BCUT2D eigenvalue weighted by Crippen LogP contribution is -2.26. The van der Waals surface area contributed by atoms with E-state index in [4.69, 9.17) is 10.5 Å². The number of hydrogen-bond acceptors (Lipinski definition) is 3. The SMILES string of the molecule is CCn1c(CC(CN)OC)nc2cc(F)ccc21. The predicted octanol–water partition coefficient (Wildman–Crippen LogP) is 1.71. The van der Waals surface area contributed by atoms with Gasteiger partial charge in [0.15, 0.2) is 0 Å². The summed E-state index contributed by atoms with van der Waals surface area (Å²) >= 11 is 0. The molecule has 2 rings (SSSR count). The molecule has 2 aromatic rings. The van der Waals surface area contributed by atoms with Gasteiger partial charge in [0, 0.05) is 32.7 Å². The van der Waals surface area contributed by atoms with Crippen molar-refractivity contribution in [3.63, 3.8) is 0 Å². The van der Waals surface area contributed by atoms with Crippen LogP contribution >= 0.6 is 0 Å². The van der Waals surface area contributed by atoms with E-state index in [-0.39, 0.29) is 11.9 Å². The number of rotatable bonds is 5. The summed E-state index contributed by atoms with van der Waals surface area (Å²) in [5.74, 6) is 0.618. The first-order valence-corrected chi connectivity index (χ1v) is 6.07. The Hall–Kier alpha value is -1.46. The van der Waals surface area contributed by atoms with E-state index in [0.717, 1.165) is 17.9 Å². The van der Waals surface area contributed by atoms with Gasteiger partial charge in [-0.1, -0.05) is 0 Å². The van der Waals surface area contributed by atoms with E-state index in [2.05, 4.69) is 9.55 Å². The third kappa shape index (κ3) is 2.37. The number of nitrogens with two attached hydrogens (primary N) is 1. The van der Waals surface area contributed by atoms with Crippen molar-refractivity contribution in [3.05, 3.63) is 29.8 Å². The van der Waals surface area contributed by atoms with Gasteiger partial charge in [-0.25, -0.2) is 9.37 Å². The minimum absolute atomic E-state index is 0.0584. The predicted molar refractivity (Wildman–Crippen MR) is 68.9 cm³/mol. The van der Waals surface area contributed by atoms with Gasteiger partial charge in [0.25, 0.3) is 0 Å². The van der Waals surface area contributed by atoms with Crippen molar-refractivity contribution in [1.82, 2.24) is 9.55 Å². The van der Waals surface area contributed by atoms with Crippen LogP contribution in [-0.2, 0) is 17.7 Å². The minimum Gasteiger partial charge on any atom is -0.380 e. The molecule has 1 aromatic carbocycles. The zero-order valence-corrected chi connectivity index (χ0v) is 10.7. The Labute approximate surface area is 106 Å². The van der Waals surface area contributed by atoms with E-state index in [1.807, 2.05) is 6.92 Å². The number of methoxy groups -OCH3 is 1. The molecule has 98 valence electrons. The van der Waals surface area contributed by atoms with Gasteiger partial charge in [0.2, 0.25) is 0 Å². The lowest BCUT2D eigenvalue weighted by molar-refractivity contribution is 0.107. The van der Waals surface area contributed by atoms with Gasteiger partial charge in [-0.3, -0.25) is 0 Å². The summed E-state index contributed by atoms with van der Waals surface area (Å²) in [5, 5.41) is 0. The average molecular weight is 251 g/mol. The number of fused-ring (bicyclic) bond motifs is 1. The molecule has 1 heterocycles. The van der Waals surface area contributed by atoms with Crippen molar-refractivity contribution in [2.24, 2.45) is 5.73 Å². The Morgan fingerprint density at radius 2 is 2.28 bits per heavy atom. The molecule has 0 aliphatic rings. The molecule has 0 spiro atoms. The van der Waals surface area contributed by atoms with Crippen LogP contribution in [0.25, 0.3) is 11.0 Å². The molecule has 0 radical (unpaired) electrons. The van der Waals surface area contributed by atoms with Crippen molar-refractivity contribution in [2.45, 2.75) is 26.0 Å². The first-order chi connectivity index (χ1) is 8.69. The fourth-order valence-corrected chi connectivity index (χ4v) is 2.13. The molecule has 4 nitrogen and oxygen atoms in total. The van der Waals surface area contributed by atoms with Crippen LogP contribution in [-0.4, -0.2) is 29.3 Å². The maximum Gasteiger partial charge on any atom is 0.125 e. The summed E-state index contributed by atoms with van der Waals surface area (Å²) in [6, 6.07) is 4.67. The average Bonchev–Trinajstić information content (AvgIpc) is 2.71. The molecule has 2 N–H and O–H groups in total. The normalized spacial score (nSPS) is 13.1. The van der Waals surface area contributed by atoms with Gasteiger partial charge >= 0.3 is 0 Å². The molecule has 1 atom stereocenters. The van der Waals surface area contributed by atoms with Crippen LogP contribution in [0, 0.1) is 5.82 Å². The van der Waals surface area contributed by atoms with Crippen LogP contribution < -0.4 is 5.73 Å². The minimum atomic E-state index is -0.267. The Kier molecular flexibility index (Phi) is 3.93. The van der Waals surface area contributed by atoms with Crippen LogP contribution in [0.2, 0.25) is 0 Å². The van der Waals surface area contributed by atoms with Gasteiger partial charge < -0.3 is 15.0 Å². The summed E-state index contributed by atoms with van der Waals surface area (Å²) in [6.45, 7) is 3.27. The van der Waals surface area contributed by atoms with E-state index in [1.54, 1.807) is 13.2 Å². The number of nitrogens with zero attached hydrogens (tertiary/aromatic N) is 2. The van der Waals surface area contributed by atoms with E-state index >= 15 is 0 Å². The Morgan fingerprint density at radius 1 is 1.50 bits per heavy atom. The number of imidazole rings is 1. The quantitative estimate of drug-likeness (QED) is 0.880. The van der Waals surface area contributed by atoms with Crippen molar-refractivity contribution < 1.29 is 9.13 Å². The maximum absolute atomic E-state index is 13.2. The van der Waals surface area contributed by atoms with Crippen molar-refractivity contribution >= 4 is 11.0 Å². The Morgan fingerprint density at radius 3 is 2.89 bits per heavy atom. The molecule has 5 heteroatoms. The fourth-order valence-electron chi connectivity index (χ4n) is 2.13. The highest BCUT2D eigenvalue weighted by Crippen LogP contribution is 2.18. The monoisotopic (exact) mass is 251 g/mol. The molecule has 1 unspecified atom stereocenters. The molecule has 1 aromatic heterocycles. The second kappa shape index (κ2) is 5.46. The largest absolute Gasteiger partial charge is 0.380 e. The summed E-state index contributed by atoms with van der Waals surface area (Å²) in [7, 11) is 1.64. The van der Waals surface area contributed by atoms with Gasteiger partial charge in [-0.15, -0.1) is 0 Å². The molecule has 0 aliphatic carbocycles. The number of halogens is 1. The van der Waals surface area contributed by atoms with E-state index in [0.29, 0.717) is 18.5 Å². The van der Waals surface area contributed by atoms with E-state index < -0.39 is 0 Å². The smallest absolute Gasteiger partial charge is 0.125 e. The third-order valence-electron chi connectivity index (χ3n) is 3.11. The highest BCUT2D eigenvalue weighted by atomic mass is 19.1. The first-order valence-electron chi connectivity index (χ1n) is 6.07. The van der Waals surface area contributed by atoms with Gasteiger partial charge in [0.1, 0.15) is 11.6 Å². The van der Waals surface area contributed by atoms with Crippen molar-refractivity contribution in [3.8, 4) is 0 Å². The molecule has 0 bridgehead atoms. The third-order valence-corrected chi connectivity index (χ3v) is 3.11. The van der Waals surface area contributed by atoms with Crippen molar-refractivity contribution in [1.29, 1.82) is 0 Å². The second-order valence-corrected chi connectivity index (χ2v) is 4.20. The molecule has 0 fully saturated rings. The highest BCUT2D eigenvalue weighted by molar-refractivity contribution is 5.76. The molecular weight excluding hydrogens is 233 g/mol. The number of ether oxygens (including phenoxy) is 1. The first kappa shape index (κ1) is 13.0. The lowest BCUT2D eigenvalue weighted by atomic mass is 10.2. The molecule has 0 saturated heterocycles. The summed E-state index contributed by atoms with van der Waals surface area (Å²) in [6.07, 6.45) is 0.578. The molecule has 0 saturated carbocycles. The van der Waals surface area contributed by atoms with Crippen molar-refractivity contribution in [2.75, 3.05) is 13.7 Å². The van der Waals surface area contributed by atoms with E-state index in [9.17, 15) is 4.39 Å². The van der Waals surface area contributed by atoms with E-state index in [1.165, 1.54) is 12.1 Å². The second-order valence-electron chi connectivity index (χ2n) is 4.20. The Balaban J connectivity index is 2.43. The van der Waals surface area contributed by atoms with Crippen LogP contribution in [0.15, 0.2) is 18.2 Å². The standard InChI is InChI=1S/C13H18FN3O/c1-3-17-12-5-4-9(14)6-11(12)16-13(17)7-10(8-15)18-2/h4-6,10H,3,7-8,15H2,1-2H3. The van der Waals surface area contributed by atoms with Crippen LogP contribution in [0.3, 0.4) is 0 Å². The molecule has 0 amide bonds. The maximum atomic E-state index is 13.2. The van der Waals surface area contributed by atoms with Gasteiger partial charge in [0.05, 0.1) is 17.1 Å². The van der Waals surface area contributed by atoms with Crippen LogP contribution in [0.5, 0.6) is 0 Å². The molecule has 0 aliphatic heterocycles. The molecular formula is C13H18FN3O. The fraction of sp³-hybridized carbons (Fsp3) is 0.462. The number of hydrogen-bond donors (Lipinski definition) is 1. The van der Waals surface area contributed by atoms with Gasteiger partial charge in [-0.05, 0) is 19.1 Å². The lowest BCUT2D eigenvalue weighted by Gasteiger charge is -2.13. The number of aryl methyl sites for hydroxylation is 1. The Bertz CT molecular complexity index is 534. The summed E-state index contributed by atoms with van der Waals surface area (Å²) in [5.41, 5.74) is 7.24. The molecule has 18 heavy (non-hydrogen) atoms. The topological polar surface area (TPSA) is 53.1 Å². The zero-order chi connectivity index (χ0) is 13.1. The highest BCUT2D eigenvalue weighted by Gasteiger charge is 2.14. The number of aromatic nitrogens is 2. The van der Waals surface area contributed by atoms with Gasteiger partial charge in [-0.2, -0.15) is 0 Å². The van der Waals surface area contributed by atoms with Crippen LogP contribution in [0.4, 0.5) is 4.39 Å².